The number of ether oxygens (including phenoxy) is 2. The second-order valence-corrected chi connectivity index (χ2v) is 8.53. The molecular weight excluding hydrogens is 400 g/mol. The van der Waals surface area contributed by atoms with Gasteiger partial charge in [0.05, 0.1) is 24.4 Å². The molecule has 30 heavy (non-hydrogen) atoms. The fraction of sp³-hybridized carbons (Fsp3) is 0.391. The number of hydrogen-bond acceptors (Lipinski definition) is 6. The van der Waals surface area contributed by atoms with E-state index in [2.05, 4.69) is 4.90 Å². The molecule has 1 aromatic heterocycles. The van der Waals surface area contributed by atoms with Gasteiger partial charge >= 0.3 is 4.87 Å². The van der Waals surface area contributed by atoms with Crippen LogP contribution in [0.5, 0.6) is 11.5 Å². The molecule has 0 radical (unpaired) electrons. The van der Waals surface area contributed by atoms with Crippen LogP contribution in [0.1, 0.15) is 23.2 Å². The Morgan fingerprint density at radius 1 is 1.03 bits per heavy atom. The summed E-state index contributed by atoms with van der Waals surface area (Å²) in [5.41, 5.74) is 1.67. The Morgan fingerprint density at radius 2 is 1.77 bits per heavy atom. The van der Waals surface area contributed by atoms with Crippen molar-refractivity contribution in [3.05, 3.63) is 57.7 Å². The first kappa shape index (κ1) is 20.6. The van der Waals surface area contributed by atoms with E-state index < -0.39 is 0 Å². The first-order chi connectivity index (χ1) is 14.6. The smallest absolute Gasteiger partial charge is 0.308 e. The highest BCUT2D eigenvalue weighted by Gasteiger charge is 2.26. The Labute approximate surface area is 179 Å². The number of likely N-dealkylation sites (tertiary alicyclic amines) is 1. The van der Waals surface area contributed by atoms with Gasteiger partial charge in [-0.15, -0.1) is 0 Å². The van der Waals surface area contributed by atoms with Crippen molar-refractivity contribution in [3.63, 3.8) is 0 Å². The lowest BCUT2D eigenvalue weighted by Gasteiger charge is -2.31. The van der Waals surface area contributed by atoms with Crippen molar-refractivity contribution in [2.24, 2.45) is 5.92 Å². The number of carbonyl (C=O) groups is 1. The highest BCUT2D eigenvalue weighted by atomic mass is 32.1. The monoisotopic (exact) mass is 426 g/mol. The number of fused-ring (bicyclic) bond motifs is 1. The number of Topliss-reactive ketones (excluding diaryl/α,β-unsaturated/α-hetero) is 1. The summed E-state index contributed by atoms with van der Waals surface area (Å²) in [5, 5.41) is 0. The molecule has 6 nitrogen and oxygen atoms in total. The summed E-state index contributed by atoms with van der Waals surface area (Å²) in [4.78, 5) is 27.7. The molecule has 4 rings (SSSR count). The molecule has 1 fully saturated rings. The molecule has 3 aromatic rings. The molecule has 0 amide bonds. The highest BCUT2D eigenvalue weighted by Crippen LogP contribution is 2.30. The molecular formula is C23H26N2O4S. The van der Waals surface area contributed by atoms with E-state index in [-0.39, 0.29) is 16.6 Å². The number of hydrogen-bond donors (Lipinski definition) is 0. The van der Waals surface area contributed by atoms with Crippen LogP contribution in [-0.2, 0) is 6.54 Å². The molecule has 1 saturated heterocycles. The van der Waals surface area contributed by atoms with Crippen LogP contribution in [0.4, 0.5) is 0 Å². The van der Waals surface area contributed by atoms with Crippen LogP contribution in [-0.4, -0.2) is 49.1 Å². The van der Waals surface area contributed by atoms with Gasteiger partial charge in [-0.2, -0.15) is 0 Å². The van der Waals surface area contributed by atoms with E-state index in [1.807, 2.05) is 34.9 Å². The van der Waals surface area contributed by atoms with E-state index >= 15 is 0 Å². The number of nitrogens with zero attached hydrogens (tertiary/aromatic N) is 2. The van der Waals surface area contributed by atoms with Crippen molar-refractivity contribution in [1.29, 1.82) is 0 Å². The average molecular weight is 427 g/mol. The van der Waals surface area contributed by atoms with Gasteiger partial charge in [0.15, 0.2) is 17.3 Å². The van der Waals surface area contributed by atoms with E-state index in [0.29, 0.717) is 23.6 Å². The second-order valence-electron chi connectivity index (χ2n) is 7.54. The Hall–Kier alpha value is -2.64. The highest BCUT2D eigenvalue weighted by molar-refractivity contribution is 7.16. The number of carbonyl (C=O) groups excluding carboxylic acids is 1. The van der Waals surface area contributed by atoms with Crippen LogP contribution < -0.4 is 14.3 Å². The third-order valence-corrected chi connectivity index (χ3v) is 6.80. The molecule has 0 saturated carbocycles. The third-order valence-electron chi connectivity index (χ3n) is 5.84. The largest absolute Gasteiger partial charge is 0.493 e. The third kappa shape index (κ3) is 4.13. The number of methoxy groups -OCH3 is 2. The number of rotatable bonds is 7. The Bertz CT molecular complexity index is 1100. The first-order valence-corrected chi connectivity index (χ1v) is 11.0. The Morgan fingerprint density at radius 3 is 2.50 bits per heavy atom. The van der Waals surface area contributed by atoms with E-state index in [1.54, 1.807) is 26.4 Å². The van der Waals surface area contributed by atoms with Crippen LogP contribution in [0.2, 0.25) is 0 Å². The van der Waals surface area contributed by atoms with Gasteiger partial charge in [0.25, 0.3) is 0 Å². The van der Waals surface area contributed by atoms with Gasteiger partial charge in [-0.1, -0.05) is 23.5 Å². The van der Waals surface area contributed by atoms with Crippen molar-refractivity contribution >= 4 is 27.3 Å². The van der Waals surface area contributed by atoms with Crippen LogP contribution in [0.15, 0.2) is 47.3 Å². The lowest BCUT2D eigenvalue weighted by molar-refractivity contribution is 0.0837. The standard InChI is InChI=1S/C23H26N2O4S/c1-28-19-8-7-17(15-20(19)29-2)22(26)16-9-11-24(12-10-16)13-14-25-18-5-3-4-6-21(18)30-23(25)27/h3-8,15-16H,9-14H2,1-2H3. The molecule has 0 bridgehead atoms. The molecule has 7 heteroatoms. The number of para-hydroxylation sites is 1. The quantitative estimate of drug-likeness (QED) is 0.540. The molecule has 158 valence electrons. The molecule has 0 spiro atoms. The minimum absolute atomic E-state index is 0.0176. The van der Waals surface area contributed by atoms with Crippen LogP contribution in [0, 0.1) is 5.92 Å². The molecule has 0 aliphatic carbocycles. The number of ketones is 1. The molecule has 0 atom stereocenters. The lowest BCUT2D eigenvalue weighted by atomic mass is 9.88. The van der Waals surface area contributed by atoms with Gasteiger partial charge in [-0.3, -0.25) is 14.2 Å². The minimum atomic E-state index is 0.0176. The summed E-state index contributed by atoms with van der Waals surface area (Å²) in [6, 6.07) is 13.3. The maximum Gasteiger partial charge on any atom is 0.308 e. The SMILES string of the molecule is COc1ccc(C(=O)C2CCN(CCn3c(=O)sc4ccccc43)CC2)cc1OC. The predicted molar refractivity (Wildman–Crippen MR) is 119 cm³/mol. The van der Waals surface area contributed by atoms with E-state index in [9.17, 15) is 9.59 Å². The summed E-state index contributed by atoms with van der Waals surface area (Å²) < 4.78 is 13.5. The van der Waals surface area contributed by atoms with Crippen molar-refractivity contribution < 1.29 is 14.3 Å². The number of thiazole rings is 1. The summed E-state index contributed by atoms with van der Waals surface area (Å²) in [6.45, 7) is 3.22. The molecule has 2 aromatic carbocycles. The molecule has 1 aliphatic heterocycles. The molecule has 2 heterocycles. The maximum atomic E-state index is 13.0. The zero-order valence-electron chi connectivity index (χ0n) is 17.3. The molecule has 0 unspecified atom stereocenters. The zero-order chi connectivity index (χ0) is 21.1. The van der Waals surface area contributed by atoms with Crippen LogP contribution in [0.25, 0.3) is 10.2 Å². The fourth-order valence-corrected chi connectivity index (χ4v) is 5.03. The van der Waals surface area contributed by atoms with Gasteiger partial charge in [0.1, 0.15) is 0 Å². The summed E-state index contributed by atoms with van der Waals surface area (Å²) in [6.07, 6.45) is 1.65. The fourth-order valence-electron chi connectivity index (χ4n) is 4.11. The van der Waals surface area contributed by atoms with Crippen molar-refractivity contribution in [3.8, 4) is 11.5 Å². The Balaban J connectivity index is 1.35. The number of piperidine rings is 1. The predicted octanol–water partition coefficient (Wildman–Crippen LogP) is 3.68. The normalized spacial score (nSPS) is 15.4. The van der Waals surface area contributed by atoms with Gasteiger partial charge in [0, 0.05) is 24.6 Å². The van der Waals surface area contributed by atoms with Crippen LogP contribution in [0.3, 0.4) is 0 Å². The molecule has 0 N–H and O–H groups in total. The molecule has 1 aliphatic rings. The Kier molecular flexibility index (Phi) is 6.20. The average Bonchev–Trinajstić information content (AvgIpc) is 3.11. The van der Waals surface area contributed by atoms with Gasteiger partial charge in [-0.25, -0.2) is 0 Å². The maximum absolute atomic E-state index is 13.0. The van der Waals surface area contributed by atoms with E-state index in [4.69, 9.17) is 9.47 Å². The van der Waals surface area contributed by atoms with E-state index in [1.165, 1.54) is 11.3 Å². The van der Waals surface area contributed by atoms with Crippen molar-refractivity contribution in [1.82, 2.24) is 9.47 Å². The second kappa shape index (κ2) is 9.02. The van der Waals surface area contributed by atoms with Gasteiger partial charge in [-0.05, 0) is 56.3 Å². The topological polar surface area (TPSA) is 60.8 Å². The van der Waals surface area contributed by atoms with Crippen molar-refractivity contribution in [2.45, 2.75) is 19.4 Å². The minimum Gasteiger partial charge on any atom is -0.493 e. The summed E-state index contributed by atoms with van der Waals surface area (Å²) in [5.74, 6) is 1.38. The summed E-state index contributed by atoms with van der Waals surface area (Å²) in [7, 11) is 3.16. The number of benzene rings is 2. The van der Waals surface area contributed by atoms with Crippen LogP contribution >= 0.6 is 11.3 Å². The first-order valence-electron chi connectivity index (χ1n) is 10.2. The summed E-state index contributed by atoms with van der Waals surface area (Å²) >= 11 is 1.30. The zero-order valence-corrected chi connectivity index (χ0v) is 18.1. The van der Waals surface area contributed by atoms with Gasteiger partial charge in [0.2, 0.25) is 0 Å². The van der Waals surface area contributed by atoms with Gasteiger partial charge < -0.3 is 14.4 Å². The van der Waals surface area contributed by atoms with E-state index in [0.717, 1.165) is 42.7 Å². The number of aromatic nitrogens is 1. The lowest BCUT2D eigenvalue weighted by Crippen LogP contribution is -2.38. The van der Waals surface area contributed by atoms with Crippen molar-refractivity contribution in [2.75, 3.05) is 33.9 Å².